The average Bonchev–Trinajstić information content (AvgIpc) is 3.29. The molecule has 1 aromatic carbocycles. The minimum atomic E-state index is -3.39. The molecule has 0 aromatic heterocycles. The molecule has 0 amide bonds. The summed E-state index contributed by atoms with van der Waals surface area (Å²) < 4.78 is 50.2. The van der Waals surface area contributed by atoms with Gasteiger partial charge < -0.3 is 12.3 Å². The van der Waals surface area contributed by atoms with Gasteiger partial charge in [0.1, 0.15) is 0 Å². The number of benzene rings is 1. The van der Waals surface area contributed by atoms with Gasteiger partial charge in [-0.2, -0.15) is 4.31 Å². The molecule has 1 saturated carbocycles. The van der Waals surface area contributed by atoms with Gasteiger partial charge in [-0.15, -0.1) is 0 Å². The Kier molecular flexibility index (Phi) is 28.4. The van der Waals surface area contributed by atoms with Gasteiger partial charge in [-0.3, -0.25) is 0 Å². The minimum Gasteiger partial charge on any atom is 2.00 e. The molecule has 1 unspecified atom stereocenters. The summed E-state index contributed by atoms with van der Waals surface area (Å²) in [6.45, 7) is 17.7. The van der Waals surface area contributed by atoms with Crippen LogP contribution in [0.4, 0.5) is 0 Å². The van der Waals surface area contributed by atoms with Crippen LogP contribution in [-0.2, 0) is 45.0 Å². The molecule has 3 atom stereocenters. The summed E-state index contributed by atoms with van der Waals surface area (Å²) in [5, 5.41) is 0. The molecule has 37 heavy (non-hydrogen) atoms. The molecule has 1 heterocycles. The van der Waals surface area contributed by atoms with Crippen LogP contribution < -0.4 is 0 Å². The number of unbranched alkanes of at least 4 members (excludes halogenated alkanes) is 5. The first-order valence-corrected chi connectivity index (χ1v) is 14.1. The second kappa shape index (κ2) is 26.2. The van der Waals surface area contributed by atoms with E-state index >= 15 is 0 Å². The summed E-state index contributed by atoms with van der Waals surface area (Å²) >= 11 is 0. The van der Waals surface area contributed by atoms with Crippen molar-refractivity contribution in [3.05, 3.63) is 56.2 Å². The van der Waals surface area contributed by atoms with E-state index in [0.29, 0.717) is 11.3 Å². The summed E-state index contributed by atoms with van der Waals surface area (Å²) in [6, 6.07) is 7.46. The molecule has 0 radical (unpaired) electrons. The summed E-state index contributed by atoms with van der Waals surface area (Å²) in [5.41, 5.74) is 1.07. The maximum Gasteiger partial charge on any atom is 2.00 e. The van der Waals surface area contributed by atoms with Crippen LogP contribution in [0.15, 0.2) is 29.2 Å². The maximum absolute atomic E-state index is 13.0. The van der Waals surface area contributed by atoms with E-state index in [9.17, 15) is 8.42 Å². The standard InChI is InChI=1S/C21H30NO2S.C5H10.3CO.W/c1-4-6-8-10-12-20-21(13-11-9-7-5-2)22(20)25(23,24)19-16-14-18(3)15-17-19;1-2-4-5-3-1;3*1-2;/h14-17,20-21H,4,6-13H2,1,3H3;1-5H2;;;;/q-1;;;;;+2/t20-,21-,22?;;;;;/m0...../s1. The first kappa shape index (κ1) is 40.1. The van der Waals surface area contributed by atoms with Crippen molar-refractivity contribution in [2.75, 3.05) is 0 Å². The fraction of sp³-hybridized carbons (Fsp3) is 0.621. The largest absolute Gasteiger partial charge is 2.00 e. The normalized spacial score (nSPS) is 18.6. The van der Waals surface area contributed by atoms with E-state index in [1.54, 1.807) is 16.4 Å². The van der Waals surface area contributed by atoms with Crippen LogP contribution in [0.5, 0.6) is 0 Å². The third-order valence-electron chi connectivity index (χ3n) is 6.26. The number of nitrogens with zero attached hydrogens (tertiary/aromatic N) is 1. The second-order valence-corrected chi connectivity index (χ2v) is 10.7. The molecule has 6 nitrogen and oxygen atoms in total. The van der Waals surface area contributed by atoms with Crippen LogP contribution in [0.1, 0.15) is 102 Å². The molecule has 0 N–H and O–H groups in total. The molecule has 8 heteroatoms. The average molecular weight is 699 g/mol. The van der Waals surface area contributed by atoms with Crippen LogP contribution in [-0.4, -0.2) is 24.8 Å². The Morgan fingerprint density at radius 2 is 1.24 bits per heavy atom. The Morgan fingerprint density at radius 3 is 1.65 bits per heavy atom. The van der Waals surface area contributed by atoms with E-state index in [-0.39, 0.29) is 33.1 Å². The van der Waals surface area contributed by atoms with Gasteiger partial charge in [0.15, 0.2) is 0 Å². The predicted molar refractivity (Wildman–Crippen MR) is 137 cm³/mol. The quantitative estimate of drug-likeness (QED) is 0.0847. The van der Waals surface area contributed by atoms with Crippen LogP contribution in [0.2, 0.25) is 0 Å². The van der Waals surface area contributed by atoms with Crippen molar-refractivity contribution in [1.29, 1.82) is 0 Å². The smallest absolute Gasteiger partial charge is 2.00 e. The Hall–Kier alpha value is -1.40. The molecule has 1 aliphatic carbocycles. The second-order valence-electron chi connectivity index (χ2n) is 8.82. The van der Waals surface area contributed by atoms with Gasteiger partial charge in [-0.25, -0.2) is 8.42 Å². The van der Waals surface area contributed by atoms with E-state index in [2.05, 4.69) is 32.8 Å². The molecule has 3 rings (SSSR count). The molecule has 2 fully saturated rings. The third kappa shape index (κ3) is 16.2. The molecule has 2 aliphatic rings. The van der Waals surface area contributed by atoms with E-state index in [1.807, 2.05) is 19.1 Å². The Bertz CT molecular complexity index is 862. The molecule has 202 valence electrons. The molecule has 1 saturated heterocycles. The number of rotatable bonds is 11. The van der Waals surface area contributed by atoms with Crippen molar-refractivity contribution >= 4 is 10.0 Å². The first-order valence-electron chi connectivity index (χ1n) is 12.6. The van der Waals surface area contributed by atoms with E-state index in [4.69, 9.17) is 20.4 Å². The van der Waals surface area contributed by atoms with E-state index in [0.717, 1.165) is 37.7 Å². The molecule has 0 bridgehead atoms. The number of hydrogen-bond acceptors (Lipinski definition) is 2. The molecule has 1 aliphatic heterocycles. The van der Waals surface area contributed by atoms with Crippen LogP contribution >= 0.6 is 0 Å². The summed E-state index contributed by atoms with van der Waals surface area (Å²) in [4.78, 5) is 0.409. The number of hydrogen-bond donors (Lipinski definition) is 0. The Morgan fingerprint density at radius 1 is 0.811 bits per heavy atom. The van der Waals surface area contributed by atoms with Crippen molar-refractivity contribution in [2.45, 2.75) is 121 Å². The minimum absolute atomic E-state index is 0. The van der Waals surface area contributed by atoms with E-state index in [1.165, 1.54) is 51.4 Å². The summed E-state index contributed by atoms with van der Waals surface area (Å²) in [6.07, 6.45) is 23.6. The van der Waals surface area contributed by atoms with Crippen LogP contribution in [0, 0.1) is 39.2 Å². The van der Waals surface area contributed by atoms with E-state index < -0.39 is 10.0 Å². The maximum atomic E-state index is 13.0. The fourth-order valence-electron chi connectivity index (χ4n) is 4.37. The van der Waals surface area contributed by atoms with Gasteiger partial charge >= 0.3 is 55.0 Å². The zero-order valence-electron chi connectivity index (χ0n) is 22.2. The first-order chi connectivity index (χ1) is 17.5. The van der Waals surface area contributed by atoms with Crippen molar-refractivity contribution in [1.82, 2.24) is 4.31 Å². The predicted octanol–water partition coefficient (Wildman–Crippen LogP) is 6.69. The monoisotopic (exact) mass is 698 g/mol. The Balaban J connectivity index is -0.000000819. The van der Waals surface area contributed by atoms with Gasteiger partial charge in [0, 0.05) is 12.1 Å². The zero-order valence-corrected chi connectivity index (χ0v) is 25.9. The van der Waals surface area contributed by atoms with Crippen molar-refractivity contribution < 1.29 is 43.4 Å². The van der Waals surface area contributed by atoms with Crippen molar-refractivity contribution in [3.63, 3.8) is 0 Å². The summed E-state index contributed by atoms with van der Waals surface area (Å²) in [7, 11) is -3.39. The fourth-order valence-corrected chi connectivity index (χ4v) is 6.24. The molecular weight excluding hydrogens is 658 g/mol. The molecule has 0 spiro atoms. The van der Waals surface area contributed by atoms with Crippen molar-refractivity contribution in [3.8, 4) is 5.92 Å². The third-order valence-corrected chi connectivity index (χ3v) is 8.22. The summed E-state index contributed by atoms with van der Waals surface area (Å²) in [5.74, 6) is 2.41. The van der Waals surface area contributed by atoms with Crippen LogP contribution in [0.25, 0.3) is 0 Å². The van der Waals surface area contributed by atoms with Gasteiger partial charge in [0.2, 0.25) is 10.0 Å². The number of aryl methyl sites for hydroxylation is 1. The zero-order chi connectivity index (χ0) is 27.8. The molecule has 1 aromatic rings. The van der Waals surface area contributed by atoms with Gasteiger partial charge in [-0.1, -0.05) is 88.8 Å². The SMILES string of the molecule is C1CCCC1.[C-]#CCCCC[C@H]1[C@H](CCCCCC)N1S(=O)(=O)c1ccc(C)cc1.[C-]#[O+].[C-]#[O+].[C-]#[O+].[W+2]. The van der Waals surface area contributed by atoms with Gasteiger partial charge in [0.05, 0.1) is 4.90 Å². The Labute approximate surface area is 239 Å². The topological polar surface area (TPSA) is 96.8 Å². The molecular formula is C29H40NO5SW+. The number of sulfonamides is 1. The van der Waals surface area contributed by atoms with Crippen LogP contribution in [0.3, 0.4) is 0 Å². The van der Waals surface area contributed by atoms with Gasteiger partial charge in [0.25, 0.3) is 0 Å². The van der Waals surface area contributed by atoms with Gasteiger partial charge in [-0.05, 0) is 44.7 Å². The van der Waals surface area contributed by atoms with Crippen molar-refractivity contribution in [2.24, 2.45) is 0 Å².